The number of aromatic hydroxyl groups is 2. The summed E-state index contributed by atoms with van der Waals surface area (Å²) in [4.78, 5) is 4.03. The van der Waals surface area contributed by atoms with Gasteiger partial charge in [0.1, 0.15) is 17.2 Å². The molecule has 0 saturated carbocycles. The zero-order valence-electron chi connectivity index (χ0n) is 11.3. The van der Waals surface area contributed by atoms with Crippen LogP contribution in [0.3, 0.4) is 0 Å². The highest BCUT2D eigenvalue weighted by Crippen LogP contribution is 2.37. The number of phenolic OH excluding ortho intramolecular Hbond substituents is 2. The number of nitrogens with zero attached hydrogens (tertiary/aromatic N) is 3. The van der Waals surface area contributed by atoms with E-state index in [1.165, 1.54) is 0 Å². The predicted octanol–water partition coefficient (Wildman–Crippen LogP) is 4.29. The van der Waals surface area contributed by atoms with E-state index in [1.54, 1.807) is 56.5 Å². The Hall–Kier alpha value is -2.69. The Morgan fingerprint density at radius 3 is 2.55 bits per heavy atom. The fourth-order valence-electron chi connectivity index (χ4n) is 1.78. The minimum absolute atomic E-state index is 0.00258. The monoisotopic (exact) mass is 269 g/mol. The van der Waals surface area contributed by atoms with Crippen LogP contribution in [0.15, 0.2) is 57.4 Å². The van der Waals surface area contributed by atoms with Gasteiger partial charge in [-0.3, -0.25) is 0 Å². The second-order valence-corrected chi connectivity index (χ2v) is 4.07. The Morgan fingerprint density at radius 2 is 1.85 bits per heavy atom. The highest BCUT2D eigenvalue weighted by Gasteiger charge is 2.07. The van der Waals surface area contributed by atoms with Crippen LogP contribution in [-0.4, -0.2) is 16.4 Å². The number of phenols is 2. The van der Waals surface area contributed by atoms with Gasteiger partial charge in [0.05, 0.1) is 0 Å². The Kier molecular flexibility index (Phi) is 4.10. The molecule has 0 radical (unpaired) electrons. The van der Waals surface area contributed by atoms with E-state index in [0.29, 0.717) is 16.9 Å². The predicted molar refractivity (Wildman–Crippen MR) is 79.7 cm³/mol. The van der Waals surface area contributed by atoms with E-state index in [4.69, 9.17) is 0 Å². The van der Waals surface area contributed by atoms with Gasteiger partial charge in [-0.25, -0.2) is 4.99 Å². The molecule has 0 saturated heterocycles. The Labute approximate surface area is 116 Å². The molecule has 0 aliphatic heterocycles. The van der Waals surface area contributed by atoms with Crippen LogP contribution in [0.5, 0.6) is 11.5 Å². The van der Waals surface area contributed by atoms with Gasteiger partial charge in [-0.1, -0.05) is 12.1 Å². The fourth-order valence-corrected chi connectivity index (χ4v) is 1.78. The summed E-state index contributed by atoms with van der Waals surface area (Å²) in [6.07, 6.45) is 3.33. The average molecular weight is 269 g/mol. The number of azo groups is 1. The van der Waals surface area contributed by atoms with Crippen LogP contribution in [0.4, 0.5) is 5.69 Å². The van der Waals surface area contributed by atoms with Gasteiger partial charge in [-0.05, 0) is 43.5 Å². The zero-order chi connectivity index (χ0) is 14.5. The SMILES string of the molecule is CC=N/C(=C\C)N=Nc1c(O)ccc2ccc(O)cc12. The molecular weight excluding hydrogens is 254 g/mol. The molecule has 102 valence electrons. The van der Waals surface area contributed by atoms with Gasteiger partial charge in [-0.2, -0.15) is 0 Å². The van der Waals surface area contributed by atoms with E-state index >= 15 is 0 Å². The lowest BCUT2D eigenvalue weighted by Gasteiger charge is -2.04. The van der Waals surface area contributed by atoms with Gasteiger partial charge in [0.15, 0.2) is 5.82 Å². The second-order valence-electron chi connectivity index (χ2n) is 4.07. The smallest absolute Gasteiger partial charge is 0.169 e. The molecule has 20 heavy (non-hydrogen) atoms. The number of allylic oxidation sites excluding steroid dienone is 1. The number of benzene rings is 2. The maximum atomic E-state index is 9.92. The summed E-state index contributed by atoms with van der Waals surface area (Å²) in [5.74, 6) is 0.559. The van der Waals surface area contributed by atoms with E-state index in [2.05, 4.69) is 15.2 Å². The molecule has 0 amide bonds. The summed E-state index contributed by atoms with van der Waals surface area (Å²) < 4.78 is 0. The van der Waals surface area contributed by atoms with Crippen LogP contribution in [-0.2, 0) is 0 Å². The van der Waals surface area contributed by atoms with Crippen molar-refractivity contribution >= 4 is 22.7 Å². The molecule has 0 heterocycles. The van der Waals surface area contributed by atoms with Crippen molar-refractivity contribution in [2.24, 2.45) is 15.2 Å². The summed E-state index contributed by atoms with van der Waals surface area (Å²) in [6, 6.07) is 8.18. The largest absolute Gasteiger partial charge is 0.508 e. The van der Waals surface area contributed by atoms with Gasteiger partial charge >= 0.3 is 0 Å². The fraction of sp³-hybridized carbons (Fsp3) is 0.133. The molecule has 5 nitrogen and oxygen atoms in total. The topological polar surface area (TPSA) is 77.5 Å². The first-order valence-electron chi connectivity index (χ1n) is 6.17. The van der Waals surface area contributed by atoms with Crippen LogP contribution in [0.1, 0.15) is 13.8 Å². The molecule has 0 bridgehead atoms. The molecule has 0 aliphatic carbocycles. The summed E-state index contributed by atoms with van der Waals surface area (Å²) in [5, 5.41) is 29.0. The first kappa shape index (κ1) is 13.7. The summed E-state index contributed by atoms with van der Waals surface area (Å²) in [7, 11) is 0. The minimum atomic E-state index is 0.00258. The minimum Gasteiger partial charge on any atom is -0.508 e. The van der Waals surface area contributed by atoms with E-state index in [0.717, 1.165) is 5.39 Å². The molecule has 5 heteroatoms. The quantitative estimate of drug-likeness (QED) is 0.644. The van der Waals surface area contributed by atoms with Crippen molar-refractivity contribution in [2.45, 2.75) is 13.8 Å². The van der Waals surface area contributed by atoms with Crippen LogP contribution in [0, 0.1) is 0 Å². The zero-order valence-corrected chi connectivity index (χ0v) is 11.3. The van der Waals surface area contributed by atoms with Crippen LogP contribution in [0.25, 0.3) is 10.8 Å². The number of hydrogen-bond donors (Lipinski definition) is 2. The van der Waals surface area contributed by atoms with Gasteiger partial charge in [0.2, 0.25) is 0 Å². The number of aliphatic imine (C=N–C) groups is 1. The first-order valence-corrected chi connectivity index (χ1v) is 6.17. The highest BCUT2D eigenvalue weighted by molar-refractivity contribution is 5.96. The van der Waals surface area contributed by atoms with Crippen molar-refractivity contribution in [1.29, 1.82) is 0 Å². The van der Waals surface area contributed by atoms with Crippen LogP contribution in [0.2, 0.25) is 0 Å². The normalized spacial score (nSPS) is 12.8. The van der Waals surface area contributed by atoms with E-state index < -0.39 is 0 Å². The van der Waals surface area contributed by atoms with Crippen molar-refractivity contribution in [3.63, 3.8) is 0 Å². The van der Waals surface area contributed by atoms with Gasteiger partial charge in [-0.15, -0.1) is 10.2 Å². The summed E-state index contributed by atoms with van der Waals surface area (Å²) in [6.45, 7) is 3.59. The van der Waals surface area contributed by atoms with E-state index in [-0.39, 0.29) is 11.5 Å². The molecule has 2 N–H and O–H groups in total. The Balaban J connectivity index is 2.55. The first-order chi connectivity index (χ1) is 9.65. The van der Waals surface area contributed by atoms with Crippen molar-refractivity contribution in [2.75, 3.05) is 0 Å². The number of rotatable bonds is 3. The molecule has 2 aromatic rings. The highest BCUT2D eigenvalue weighted by atomic mass is 16.3. The third kappa shape index (κ3) is 2.83. The molecule has 0 fully saturated rings. The van der Waals surface area contributed by atoms with Crippen molar-refractivity contribution in [3.05, 3.63) is 42.2 Å². The lowest BCUT2D eigenvalue weighted by Crippen LogP contribution is -1.77. The molecule has 0 unspecified atom stereocenters. The van der Waals surface area contributed by atoms with E-state index in [9.17, 15) is 10.2 Å². The average Bonchev–Trinajstić information content (AvgIpc) is 2.45. The summed E-state index contributed by atoms with van der Waals surface area (Å²) in [5.41, 5.74) is 0.309. The summed E-state index contributed by atoms with van der Waals surface area (Å²) >= 11 is 0. The van der Waals surface area contributed by atoms with Crippen LogP contribution < -0.4 is 0 Å². The van der Waals surface area contributed by atoms with Gasteiger partial charge in [0.25, 0.3) is 0 Å². The van der Waals surface area contributed by atoms with Crippen molar-refractivity contribution in [3.8, 4) is 11.5 Å². The molecule has 0 aliphatic rings. The van der Waals surface area contributed by atoms with Crippen LogP contribution >= 0.6 is 0 Å². The van der Waals surface area contributed by atoms with Gasteiger partial charge in [0, 0.05) is 11.6 Å². The van der Waals surface area contributed by atoms with Gasteiger partial charge < -0.3 is 10.2 Å². The molecule has 0 spiro atoms. The lowest BCUT2D eigenvalue weighted by atomic mass is 10.1. The van der Waals surface area contributed by atoms with Crippen molar-refractivity contribution in [1.82, 2.24) is 0 Å². The Bertz CT molecular complexity index is 713. The molecular formula is C15H15N3O2. The standard InChI is InChI=1S/C15H15N3O2/c1-3-14(16-4-2)17-18-15-12-9-11(19)7-5-10(12)6-8-13(15)20/h3-9,19-20H,1-2H3/b14-3+,16-4?,18-17?. The molecule has 2 aromatic carbocycles. The third-order valence-corrected chi connectivity index (χ3v) is 2.73. The number of fused-ring (bicyclic) bond motifs is 1. The maximum absolute atomic E-state index is 9.92. The Morgan fingerprint density at radius 1 is 1.10 bits per heavy atom. The maximum Gasteiger partial charge on any atom is 0.169 e. The molecule has 2 rings (SSSR count). The number of hydrogen-bond acceptors (Lipinski definition) is 5. The second kappa shape index (κ2) is 5.97. The van der Waals surface area contributed by atoms with Crippen molar-refractivity contribution < 1.29 is 10.2 Å². The van der Waals surface area contributed by atoms with E-state index in [1.807, 2.05) is 0 Å². The molecule has 0 aromatic heterocycles. The third-order valence-electron chi connectivity index (χ3n) is 2.73. The molecule has 0 atom stereocenters. The lowest BCUT2D eigenvalue weighted by molar-refractivity contribution is 0.475.